The van der Waals surface area contributed by atoms with Crippen molar-refractivity contribution in [3.8, 4) is 0 Å². The van der Waals surface area contributed by atoms with Crippen molar-refractivity contribution in [3.05, 3.63) is 71.8 Å². The van der Waals surface area contributed by atoms with Crippen LogP contribution in [0.1, 0.15) is 21.8 Å². The molecule has 1 aliphatic carbocycles. The smallest absolute Gasteiger partial charge is 0.337 e. The molecule has 0 radical (unpaired) electrons. The van der Waals surface area contributed by atoms with Crippen molar-refractivity contribution in [1.82, 2.24) is 0 Å². The molecule has 0 saturated carbocycles. The molecule has 0 spiro atoms. The average molecular weight is 250 g/mol. The molecule has 0 aromatic heterocycles. The predicted molar refractivity (Wildman–Crippen MR) is 76.3 cm³/mol. The number of fused-ring (bicyclic) bond motifs is 1. The highest BCUT2D eigenvalue weighted by molar-refractivity contribution is 5.96. The van der Waals surface area contributed by atoms with Crippen molar-refractivity contribution in [3.63, 3.8) is 0 Å². The standard InChI is InChI=1S/C17H14O2/c1-19-17(18)14-10-9-13-7-4-8-15(16(13)11-14)12-5-2-3-6-12/h2-12H,1H3. The Balaban J connectivity index is 2.19. The maximum atomic E-state index is 11.6. The second kappa shape index (κ2) is 4.73. The molecule has 0 bridgehead atoms. The number of carbonyl (C=O) groups excluding carboxylic acids is 1. The van der Waals surface area contributed by atoms with Gasteiger partial charge in [-0.25, -0.2) is 4.79 Å². The van der Waals surface area contributed by atoms with Gasteiger partial charge in [0.25, 0.3) is 0 Å². The van der Waals surface area contributed by atoms with E-state index in [0.29, 0.717) is 5.56 Å². The molecule has 2 aromatic rings. The molecule has 0 unspecified atom stereocenters. The van der Waals surface area contributed by atoms with Gasteiger partial charge in [0, 0.05) is 5.92 Å². The van der Waals surface area contributed by atoms with Gasteiger partial charge in [-0.3, -0.25) is 0 Å². The van der Waals surface area contributed by atoms with Crippen LogP contribution in [-0.4, -0.2) is 13.1 Å². The molecule has 2 heteroatoms. The Labute approximate surface area is 112 Å². The van der Waals surface area contributed by atoms with E-state index < -0.39 is 0 Å². The third-order valence-electron chi connectivity index (χ3n) is 3.44. The molecule has 0 fully saturated rings. The summed E-state index contributed by atoms with van der Waals surface area (Å²) in [5.74, 6) is -0.00851. The molecule has 2 nitrogen and oxygen atoms in total. The first-order valence-electron chi connectivity index (χ1n) is 6.25. The molecule has 0 atom stereocenters. The first-order valence-corrected chi connectivity index (χ1v) is 6.25. The van der Waals surface area contributed by atoms with E-state index in [-0.39, 0.29) is 11.9 Å². The topological polar surface area (TPSA) is 26.3 Å². The summed E-state index contributed by atoms with van der Waals surface area (Å²) in [7, 11) is 1.40. The summed E-state index contributed by atoms with van der Waals surface area (Å²) >= 11 is 0. The number of benzene rings is 2. The van der Waals surface area contributed by atoms with Crippen molar-refractivity contribution in [2.24, 2.45) is 0 Å². The van der Waals surface area contributed by atoms with Crippen LogP contribution in [0.25, 0.3) is 10.8 Å². The van der Waals surface area contributed by atoms with E-state index in [1.54, 1.807) is 6.07 Å². The lowest BCUT2D eigenvalue weighted by molar-refractivity contribution is 0.0601. The van der Waals surface area contributed by atoms with E-state index in [1.807, 2.05) is 24.3 Å². The molecule has 0 heterocycles. The molecule has 94 valence electrons. The van der Waals surface area contributed by atoms with Gasteiger partial charge in [0.15, 0.2) is 0 Å². The third kappa shape index (κ3) is 2.06. The second-order valence-electron chi connectivity index (χ2n) is 4.57. The molecule has 0 saturated heterocycles. The minimum atomic E-state index is -0.297. The van der Waals surface area contributed by atoms with Crippen LogP contribution in [0, 0.1) is 0 Å². The highest BCUT2D eigenvalue weighted by Crippen LogP contribution is 2.30. The molecular weight excluding hydrogens is 236 g/mol. The molecule has 3 rings (SSSR count). The lowest BCUT2D eigenvalue weighted by Crippen LogP contribution is -2.01. The Morgan fingerprint density at radius 1 is 1.11 bits per heavy atom. The van der Waals surface area contributed by atoms with Gasteiger partial charge in [0.05, 0.1) is 12.7 Å². The summed E-state index contributed by atoms with van der Waals surface area (Å²) in [5.41, 5.74) is 1.81. The van der Waals surface area contributed by atoms with Crippen LogP contribution < -0.4 is 0 Å². The number of allylic oxidation sites excluding steroid dienone is 4. The molecule has 0 aliphatic heterocycles. The molecule has 0 N–H and O–H groups in total. The van der Waals surface area contributed by atoms with Crippen LogP contribution in [0.3, 0.4) is 0 Å². The van der Waals surface area contributed by atoms with Crippen LogP contribution in [-0.2, 0) is 4.74 Å². The number of carbonyl (C=O) groups is 1. The summed E-state index contributed by atoms with van der Waals surface area (Å²) in [5, 5.41) is 2.24. The Morgan fingerprint density at radius 2 is 1.89 bits per heavy atom. The summed E-state index contributed by atoms with van der Waals surface area (Å²) in [6, 6.07) is 11.9. The molecule has 1 aliphatic rings. The van der Waals surface area contributed by atoms with Crippen molar-refractivity contribution in [1.29, 1.82) is 0 Å². The van der Waals surface area contributed by atoms with Gasteiger partial charge in [0.1, 0.15) is 0 Å². The quantitative estimate of drug-likeness (QED) is 0.757. The van der Waals surface area contributed by atoms with Crippen molar-refractivity contribution in [2.75, 3.05) is 7.11 Å². The van der Waals surface area contributed by atoms with Crippen molar-refractivity contribution >= 4 is 16.7 Å². The minimum Gasteiger partial charge on any atom is -0.465 e. The summed E-state index contributed by atoms with van der Waals surface area (Å²) < 4.78 is 4.78. The zero-order chi connectivity index (χ0) is 13.2. The van der Waals surface area contributed by atoms with E-state index in [9.17, 15) is 4.79 Å². The normalized spacial score (nSPS) is 14.2. The van der Waals surface area contributed by atoms with Crippen LogP contribution in [0.2, 0.25) is 0 Å². The van der Waals surface area contributed by atoms with Crippen LogP contribution in [0.5, 0.6) is 0 Å². The molecule has 2 aromatic carbocycles. The van der Waals surface area contributed by atoms with Gasteiger partial charge in [-0.2, -0.15) is 0 Å². The van der Waals surface area contributed by atoms with Crippen LogP contribution in [0.15, 0.2) is 60.7 Å². The monoisotopic (exact) mass is 250 g/mol. The van der Waals surface area contributed by atoms with Gasteiger partial charge >= 0.3 is 5.97 Å². The number of hydrogen-bond donors (Lipinski definition) is 0. The lowest BCUT2D eigenvalue weighted by atomic mass is 9.93. The van der Waals surface area contributed by atoms with Gasteiger partial charge < -0.3 is 4.74 Å². The fourth-order valence-corrected chi connectivity index (χ4v) is 2.47. The molecule has 0 amide bonds. The van der Waals surface area contributed by atoms with Crippen LogP contribution in [0.4, 0.5) is 0 Å². The van der Waals surface area contributed by atoms with E-state index in [1.165, 1.54) is 12.7 Å². The lowest BCUT2D eigenvalue weighted by Gasteiger charge is -2.11. The summed E-state index contributed by atoms with van der Waals surface area (Å²) in [4.78, 5) is 11.6. The zero-order valence-electron chi connectivity index (χ0n) is 10.7. The second-order valence-corrected chi connectivity index (χ2v) is 4.57. The maximum Gasteiger partial charge on any atom is 0.337 e. The highest BCUT2D eigenvalue weighted by Gasteiger charge is 2.13. The predicted octanol–water partition coefficient (Wildman–Crippen LogP) is 3.84. The molecular formula is C17H14O2. The number of ether oxygens (including phenoxy) is 1. The highest BCUT2D eigenvalue weighted by atomic mass is 16.5. The Bertz CT molecular complexity index is 683. The van der Waals surface area contributed by atoms with Gasteiger partial charge in [0.2, 0.25) is 0 Å². The first kappa shape index (κ1) is 11.7. The SMILES string of the molecule is COC(=O)c1ccc2cccc(C3C=CC=C3)c2c1. The van der Waals surface area contributed by atoms with E-state index in [0.717, 1.165) is 10.8 Å². The fraction of sp³-hybridized carbons (Fsp3) is 0.118. The summed E-state index contributed by atoms with van der Waals surface area (Å²) in [6.07, 6.45) is 8.40. The third-order valence-corrected chi connectivity index (χ3v) is 3.44. The van der Waals surface area contributed by atoms with E-state index in [4.69, 9.17) is 4.74 Å². The summed E-state index contributed by atoms with van der Waals surface area (Å²) in [6.45, 7) is 0. The first-order chi connectivity index (χ1) is 9.29. The number of esters is 1. The van der Waals surface area contributed by atoms with Crippen molar-refractivity contribution < 1.29 is 9.53 Å². The molecule has 19 heavy (non-hydrogen) atoms. The fourth-order valence-electron chi connectivity index (χ4n) is 2.47. The minimum absolute atomic E-state index is 0.289. The number of methoxy groups -OCH3 is 1. The van der Waals surface area contributed by atoms with Crippen LogP contribution >= 0.6 is 0 Å². The Kier molecular flexibility index (Phi) is 2.92. The average Bonchev–Trinajstić information content (AvgIpc) is 2.99. The zero-order valence-corrected chi connectivity index (χ0v) is 10.7. The number of hydrogen-bond acceptors (Lipinski definition) is 2. The van der Waals surface area contributed by atoms with Gasteiger partial charge in [-0.05, 0) is 28.5 Å². The Hall–Kier alpha value is -2.35. The van der Waals surface area contributed by atoms with E-state index in [2.05, 4.69) is 30.4 Å². The largest absolute Gasteiger partial charge is 0.465 e. The van der Waals surface area contributed by atoms with Crippen molar-refractivity contribution in [2.45, 2.75) is 5.92 Å². The number of rotatable bonds is 2. The maximum absolute atomic E-state index is 11.6. The van der Waals surface area contributed by atoms with E-state index >= 15 is 0 Å². The van der Waals surface area contributed by atoms with Gasteiger partial charge in [-0.1, -0.05) is 48.6 Å². The Morgan fingerprint density at radius 3 is 2.63 bits per heavy atom. The van der Waals surface area contributed by atoms with Gasteiger partial charge in [-0.15, -0.1) is 0 Å².